The summed E-state index contributed by atoms with van der Waals surface area (Å²) in [6, 6.07) is 5.98. The lowest BCUT2D eigenvalue weighted by Crippen LogP contribution is -2.32. The van der Waals surface area contributed by atoms with Gasteiger partial charge in [-0.15, -0.1) is 12.4 Å². The Morgan fingerprint density at radius 2 is 2.10 bits per heavy atom. The molecule has 2 atom stereocenters. The minimum atomic E-state index is 0. The lowest BCUT2D eigenvalue weighted by atomic mass is 10.1. The van der Waals surface area contributed by atoms with Crippen LogP contribution in [0.1, 0.15) is 24.8 Å². The number of rotatable bonds is 3. The minimum absolute atomic E-state index is 0. The van der Waals surface area contributed by atoms with E-state index in [0.29, 0.717) is 6.54 Å². The number of fused-ring (bicyclic) bond motifs is 1. The fourth-order valence-electron chi connectivity index (χ4n) is 2.94. The first kappa shape index (κ1) is 15.9. The molecule has 2 N–H and O–H groups in total. The maximum absolute atomic E-state index is 12.3. The number of benzene rings is 1. The van der Waals surface area contributed by atoms with Gasteiger partial charge in [0.25, 0.3) is 0 Å². The second-order valence-electron chi connectivity index (χ2n) is 5.65. The number of halogens is 1. The molecular weight excluding hydrogens is 292 g/mol. The molecule has 116 valence electrons. The van der Waals surface area contributed by atoms with E-state index < -0.39 is 0 Å². The Hall–Kier alpha value is -1.46. The van der Waals surface area contributed by atoms with Crippen molar-refractivity contribution in [3.63, 3.8) is 0 Å². The number of amides is 1. The maximum Gasteiger partial charge on any atom is 0.231 e. The molecule has 0 radical (unpaired) electrons. The zero-order chi connectivity index (χ0) is 14.1. The number of hydrogen-bond acceptors (Lipinski definition) is 4. The number of carbonyl (C=O) groups is 1. The Kier molecular flexibility index (Phi) is 4.96. The predicted octanol–water partition coefficient (Wildman–Crippen LogP) is 1.92. The van der Waals surface area contributed by atoms with Crippen molar-refractivity contribution < 1.29 is 14.3 Å². The summed E-state index contributed by atoms with van der Waals surface area (Å²) in [7, 11) is 1.84. The van der Waals surface area contributed by atoms with E-state index in [0.717, 1.165) is 36.3 Å². The molecule has 0 aromatic heterocycles. The van der Waals surface area contributed by atoms with Crippen LogP contribution < -0.4 is 15.2 Å². The van der Waals surface area contributed by atoms with Crippen molar-refractivity contribution in [2.75, 3.05) is 13.8 Å². The lowest BCUT2D eigenvalue weighted by Gasteiger charge is -2.21. The molecule has 2 aliphatic rings. The zero-order valence-electron chi connectivity index (χ0n) is 12.1. The van der Waals surface area contributed by atoms with Gasteiger partial charge >= 0.3 is 0 Å². The average Bonchev–Trinajstić information content (AvgIpc) is 3.05. The molecule has 6 heteroatoms. The van der Waals surface area contributed by atoms with Crippen LogP contribution in [0.15, 0.2) is 18.2 Å². The van der Waals surface area contributed by atoms with Crippen LogP contribution in [0.3, 0.4) is 0 Å². The van der Waals surface area contributed by atoms with Crippen LogP contribution in [0.5, 0.6) is 11.5 Å². The Balaban J connectivity index is 0.00000161. The molecule has 1 fully saturated rings. The molecule has 1 amide bonds. The highest BCUT2D eigenvalue weighted by atomic mass is 35.5. The maximum atomic E-state index is 12.3. The van der Waals surface area contributed by atoms with Gasteiger partial charge in [-0.25, -0.2) is 0 Å². The van der Waals surface area contributed by atoms with Crippen LogP contribution in [-0.4, -0.2) is 30.7 Å². The molecule has 1 aromatic carbocycles. The molecule has 1 aromatic rings. The first-order chi connectivity index (χ1) is 9.63. The third-order valence-electron chi connectivity index (χ3n) is 4.06. The monoisotopic (exact) mass is 312 g/mol. The number of nitrogens with two attached hydrogens (primary N) is 1. The Morgan fingerprint density at radius 1 is 1.33 bits per heavy atom. The molecule has 0 saturated heterocycles. The largest absolute Gasteiger partial charge is 0.454 e. The summed E-state index contributed by atoms with van der Waals surface area (Å²) in [6.45, 7) is 0.856. The Morgan fingerprint density at radius 3 is 2.81 bits per heavy atom. The second kappa shape index (κ2) is 6.54. The van der Waals surface area contributed by atoms with E-state index in [-0.39, 0.29) is 37.1 Å². The van der Waals surface area contributed by atoms with E-state index in [2.05, 4.69) is 0 Å². The molecule has 0 bridgehead atoms. The summed E-state index contributed by atoms with van der Waals surface area (Å²) in [5.74, 6) is 1.80. The molecule has 0 spiro atoms. The Labute approximate surface area is 130 Å². The van der Waals surface area contributed by atoms with E-state index in [1.807, 2.05) is 25.2 Å². The fraction of sp³-hybridized carbons (Fsp3) is 0.533. The van der Waals surface area contributed by atoms with Gasteiger partial charge < -0.3 is 20.1 Å². The zero-order valence-corrected chi connectivity index (χ0v) is 12.9. The molecule has 1 aliphatic carbocycles. The molecular formula is C15H21ClN2O3. The molecule has 3 rings (SSSR count). The molecule has 1 saturated carbocycles. The van der Waals surface area contributed by atoms with Crippen molar-refractivity contribution in [1.82, 2.24) is 4.90 Å². The van der Waals surface area contributed by atoms with Crippen molar-refractivity contribution in [3.05, 3.63) is 23.8 Å². The summed E-state index contributed by atoms with van der Waals surface area (Å²) in [4.78, 5) is 14.1. The molecule has 5 nitrogen and oxygen atoms in total. The highest BCUT2D eigenvalue weighted by molar-refractivity contribution is 5.85. The van der Waals surface area contributed by atoms with Crippen molar-refractivity contribution in [2.24, 2.45) is 11.7 Å². The topological polar surface area (TPSA) is 64.8 Å². The van der Waals surface area contributed by atoms with Crippen LogP contribution in [0, 0.1) is 5.92 Å². The van der Waals surface area contributed by atoms with Crippen molar-refractivity contribution in [3.8, 4) is 11.5 Å². The van der Waals surface area contributed by atoms with E-state index in [9.17, 15) is 4.79 Å². The number of carbonyl (C=O) groups excluding carboxylic acids is 1. The summed E-state index contributed by atoms with van der Waals surface area (Å²) in [5, 5.41) is 0. The van der Waals surface area contributed by atoms with Gasteiger partial charge in [-0.05, 0) is 37.0 Å². The smallest absolute Gasteiger partial charge is 0.231 e. The lowest BCUT2D eigenvalue weighted by molar-refractivity contribution is -0.134. The van der Waals surface area contributed by atoms with Crippen LogP contribution in [0.4, 0.5) is 0 Å². The van der Waals surface area contributed by atoms with E-state index >= 15 is 0 Å². The third kappa shape index (κ3) is 3.41. The number of hydrogen-bond donors (Lipinski definition) is 1. The molecule has 1 heterocycles. The number of ether oxygens (including phenoxy) is 2. The van der Waals surface area contributed by atoms with Gasteiger partial charge in [0, 0.05) is 25.6 Å². The first-order valence-corrected chi connectivity index (χ1v) is 7.02. The van der Waals surface area contributed by atoms with Crippen LogP contribution in [0.25, 0.3) is 0 Å². The SMILES string of the molecule is CN(Cc1ccc2c(c1)OCO2)C(=O)C1CCC(N)C1.Cl. The van der Waals surface area contributed by atoms with Gasteiger partial charge in [-0.1, -0.05) is 6.07 Å². The normalized spacial score (nSPS) is 22.8. The third-order valence-corrected chi connectivity index (χ3v) is 4.06. The Bertz CT molecular complexity index is 524. The van der Waals surface area contributed by atoms with Crippen molar-refractivity contribution in [1.29, 1.82) is 0 Å². The summed E-state index contributed by atoms with van der Waals surface area (Å²) in [6.07, 6.45) is 2.67. The summed E-state index contributed by atoms with van der Waals surface area (Å²) >= 11 is 0. The summed E-state index contributed by atoms with van der Waals surface area (Å²) < 4.78 is 10.6. The molecule has 21 heavy (non-hydrogen) atoms. The number of nitrogens with zero attached hydrogens (tertiary/aromatic N) is 1. The second-order valence-corrected chi connectivity index (χ2v) is 5.65. The van der Waals surface area contributed by atoms with Gasteiger partial charge in [0.2, 0.25) is 12.7 Å². The minimum Gasteiger partial charge on any atom is -0.454 e. The standard InChI is InChI=1S/C15H20N2O3.ClH/c1-17(15(18)11-3-4-12(16)7-11)8-10-2-5-13-14(6-10)20-9-19-13;/h2,5-6,11-12H,3-4,7-9,16H2,1H3;1H. The fourth-order valence-corrected chi connectivity index (χ4v) is 2.94. The van der Waals surface area contributed by atoms with Crippen LogP contribution in [0.2, 0.25) is 0 Å². The van der Waals surface area contributed by atoms with Crippen LogP contribution in [-0.2, 0) is 11.3 Å². The summed E-state index contributed by atoms with van der Waals surface area (Å²) in [5.41, 5.74) is 6.92. The van der Waals surface area contributed by atoms with E-state index in [1.54, 1.807) is 4.90 Å². The predicted molar refractivity (Wildman–Crippen MR) is 81.6 cm³/mol. The van der Waals surface area contributed by atoms with Crippen molar-refractivity contribution >= 4 is 18.3 Å². The van der Waals surface area contributed by atoms with E-state index in [4.69, 9.17) is 15.2 Å². The van der Waals surface area contributed by atoms with Crippen molar-refractivity contribution in [2.45, 2.75) is 31.8 Å². The van der Waals surface area contributed by atoms with E-state index in [1.165, 1.54) is 0 Å². The first-order valence-electron chi connectivity index (χ1n) is 7.02. The highest BCUT2D eigenvalue weighted by Gasteiger charge is 2.29. The van der Waals surface area contributed by atoms with Gasteiger partial charge in [-0.3, -0.25) is 4.79 Å². The van der Waals surface area contributed by atoms with Gasteiger partial charge in [-0.2, -0.15) is 0 Å². The van der Waals surface area contributed by atoms with Gasteiger partial charge in [0.05, 0.1) is 0 Å². The quantitative estimate of drug-likeness (QED) is 0.926. The highest BCUT2D eigenvalue weighted by Crippen LogP contribution is 2.33. The van der Waals surface area contributed by atoms with Gasteiger partial charge in [0.1, 0.15) is 0 Å². The average molecular weight is 313 g/mol. The van der Waals surface area contributed by atoms with Gasteiger partial charge in [0.15, 0.2) is 11.5 Å². The van der Waals surface area contributed by atoms with Crippen LogP contribution >= 0.6 is 12.4 Å². The molecule has 1 aliphatic heterocycles. The molecule has 2 unspecified atom stereocenters.